The van der Waals surface area contributed by atoms with Gasteiger partial charge >= 0.3 is 6.09 Å². The third kappa shape index (κ3) is 4.69. The lowest BCUT2D eigenvalue weighted by Gasteiger charge is -2.31. The molecule has 4 rings (SSSR count). The molecule has 3 aromatic rings. The average molecular weight is 450 g/mol. The molecule has 0 radical (unpaired) electrons. The minimum Gasteiger partial charge on any atom is -0.497 e. The molecule has 8 heteroatoms. The number of hydrogen-bond acceptors (Lipinski definition) is 5. The van der Waals surface area contributed by atoms with Gasteiger partial charge in [-0.05, 0) is 38.0 Å². The van der Waals surface area contributed by atoms with Crippen molar-refractivity contribution < 1.29 is 19.1 Å². The molecule has 1 N–H and O–H groups in total. The third-order valence-corrected chi connectivity index (χ3v) is 5.86. The Balaban J connectivity index is 1.62. The topological polar surface area (TPSA) is 89.9 Å². The smallest absolute Gasteiger partial charge is 0.409 e. The molecule has 1 fully saturated rings. The summed E-state index contributed by atoms with van der Waals surface area (Å²) in [6.45, 7) is 3.16. The van der Waals surface area contributed by atoms with Gasteiger partial charge in [-0.15, -0.1) is 0 Å². The maximum atomic E-state index is 13.3. The summed E-state index contributed by atoms with van der Waals surface area (Å²) in [6.07, 6.45) is 2.54. The molecule has 0 spiro atoms. The van der Waals surface area contributed by atoms with Crippen molar-refractivity contribution in [2.24, 2.45) is 0 Å². The van der Waals surface area contributed by atoms with E-state index in [1.165, 1.54) is 4.57 Å². The third-order valence-electron chi connectivity index (χ3n) is 5.86. The molecule has 172 valence electrons. The maximum Gasteiger partial charge on any atom is 0.409 e. The molecule has 1 aromatic heterocycles. The van der Waals surface area contributed by atoms with Crippen molar-refractivity contribution >= 4 is 22.8 Å². The zero-order valence-corrected chi connectivity index (χ0v) is 18.7. The Morgan fingerprint density at radius 1 is 1.06 bits per heavy atom. The summed E-state index contributed by atoms with van der Waals surface area (Å²) < 4.78 is 11.8. The number of amides is 2. The van der Waals surface area contributed by atoms with E-state index in [0.717, 1.165) is 0 Å². The van der Waals surface area contributed by atoms with Crippen molar-refractivity contribution in [3.63, 3.8) is 0 Å². The highest BCUT2D eigenvalue weighted by atomic mass is 16.6. The molecular formula is C25H27N3O5. The lowest BCUT2D eigenvalue weighted by atomic mass is 10.0. The second-order valence-corrected chi connectivity index (χ2v) is 7.90. The highest BCUT2D eigenvalue weighted by molar-refractivity contribution is 6.06. The van der Waals surface area contributed by atoms with Gasteiger partial charge in [0.1, 0.15) is 5.75 Å². The van der Waals surface area contributed by atoms with E-state index in [-0.39, 0.29) is 23.6 Å². The van der Waals surface area contributed by atoms with Crippen molar-refractivity contribution in [3.05, 3.63) is 70.6 Å². The summed E-state index contributed by atoms with van der Waals surface area (Å²) in [6, 6.07) is 14.2. The van der Waals surface area contributed by atoms with E-state index in [1.807, 2.05) is 6.07 Å². The zero-order valence-electron chi connectivity index (χ0n) is 18.7. The second-order valence-electron chi connectivity index (χ2n) is 7.90. The van der Waals surface area contributed by atoms with E-state index >= 15 is 0 Å². The van der Waals surface area contributed by atoms with Gasteiger partial charge in [-0.25, -0.2) is 4.79 Å². The number of piperidine rings is 1. The van der Waals surface area contributed by atoms with Crippen LogP contribution in [0.3, 0.4) is 0 Å². The van der Waals surface area contributed by atoms with Gasteiger partial charge in [-0.3, -0.25) is 14.2 Å². The molecule has 1 aliphatic heterocycles. The van der Waals surface area contributed by atoms with Crippen molar-refractivity contribution in [1.29, 1.82) is 0 Å². The first-order valence-electron chi connectivity index (χ1n) is 11.0. The predicted octanol–water partition coefficient (Wildman–Crippen LogP) is 3.35. The largest absolute Gasteiger partial charge is 0.497 e. The highest BCUT2D eigenvalue weighted by Gasteiger charge is 2.26. The van der Waals surface area contributed by atoms with E-state index in [1.54, 1.807) is 67.6 Å². The molecule has 1 aliphatic rings. The minimum atomic E-state index is -0.321. The number of fused-ring (bicyclic) bond motifs is 1. The predicted molar refractivity (Wildman–Crippen MR) is 125 cm³/mol. The van der Waals surface area contributed by atoms with Crippen LogP contribution in [0.5, 0.6) is 5.75 Å². The quantitative estimate of drug-likeness (QED) is 0.645. The first-order chi connectivity index (χ1) is 16.0. The number of nitrogens with zero attached hydrogens (tertiary/aromatic N) is 2. The van der Waals surface area contributed by atoms with Gasteiger partial charge in [-0.1, -0.05) is 24.3 Å². The lowest BCUT2D eigenvalue weighted by Crippen LogP contribution is -2.46. The Morgan fingerprint density at radius 3 is 2.48 bits per heavy atom. The van der Waals surface area contributed by atoms with Crippen LogP contribution in [-0.4, -0.2) is 54.3 Å². The van der Waals surface area contributed by atoms with E-state index in [2.05, 4.69) is 5.32 Å². The Labute approximate surface area is 191 Å². The molecule has 8 nitrogen and oxygen atoms in total. The minimum absolute atomic E-state index is 0.0702. The first kappa shape index (κ1) is 22.4. The van der Waals surface area contributed by atoms with Gasteiger partial charge in [0.05, 0.1) is 25.0 Å². The van der Waals surface area contributed by atoms with Crippen LogP contribution in [0.25, 0.3) is 16.5 Å². The van der Waals surface area contributed by atoms with Crippen LogP contribution in [0.1, 0.15) is 30.1 Å². The number of likely N-dealkylation sites (tertiary alicyclic amines) is 1. The molecule has 0 unspecified atom stereocenters. The number of rotatable bonds is 5. The van der Waals surface area contributed by atoms with Crippen LogP contribution in [0, 0.1) is 0 Å². The van der Waals surface area contributed by atoms with Crippen LogP contribution in [-0.2, 0) is 4.74 Å². The van der Waals surface area contributed by atoms with Gasteiger partial charge in [0, 0.05) is 42.2 Å². The standard InChI is InChI=1S/C25H27N3O5/c1-3-33-25(31)27-13-11-17(12-14-27)26-23(29)22-16-28(18-7-6-8-19(15-18)32-2)24(30)21-10-5-4-9-20(21)22/h4-10,15-17H,3,11-14H2,1-2H3,(H,26,29). The molecule has 33 heavy (non-hydrogen) atoms. The molecule has 1 saturated heterocycles. The van der Waals surface area contributed by atoms with E-state index in [4.69, 9.17) is 9.47 Å². The number of hydrogen-bond donors (Lipinski definition) is 1. The molecule has 2 amide bonds. The molecule has 2 heterocycles. The van der Waals surface area contributed by atoms with Gasteiger partial charge in [0.15, 0.2) is 0 Å². The Kier molecular flexibility index (Phi) is 6.63. The Bertz CT molecular complexity index is 1230. The molecular weight excluding hydrogens is 422 g/mol. The molecule has 0 bridgehead atoms. The summed E-state index contributed by atoms with van der Waals surface area (Å²) >= 11 is 0. The van der Waals surface area contributed by atoms with Crippen LogP contribution >= 0.6 is 0 Å². The molecule has 0 saturated carbocycles. The number of aromatic nitrogens is 1. The average Bonchev–Trinajstić information content (AvgIpc) is 2.85. The monoisotopic (exact) mass is 449 g/mol. The van der Waals surface area contributed by atoms with E-state index in [0.29, 0.717) is 60.3 Å². The first-order valence-corrected chi connectivity index (χ1v) is 11.0. The van der Waals surface area contributed by atoms with E-state index < -0.39 is 0 Å². The Morgan fingerprint density at radius 2 is 1.79 bits per heavy atom. The summed E-state index contributed by atoms with van der Waals surface area (Å²) in [5.41, 5.74) is 0.820. The molecule has 0 aliphatic carbocycles. The van der Waals surface area contributed by atoms with Crippen LogP contribution in [0.15, 0.2) is 59.5 Å². The fourth-order valence-electron chi connectivity index (χ4n) is 4.11. The van der Waals surface area contributed by atoms with Crippen molar-refractivity contribution in [1.82, 2.24) is 14.8 Å². The summed E-state index contributed by atoms with van der Waals surface area (Å²) in [5, 5.41) is 4.14. The normalized spacial score (nSPS) is 14.2. The van der Waals surface area contributed by atoms with Gasteiger partial charge in [0.25, 0.3) is 11.5 Å². The Hall–Kier alpha value is -3.81. The number of nitrogens with one attached hydrogen (secondary N) is 1. The maximum absolute atomic E-state index is 13.3. The highest BCUT2D eigenvalue weighted by Crippen LogP contribution is 2.21. The lowest BCUT2D eigenvalue weighted by molar-refractivity contribution is 0.0861. The fourth-order valence-corrected chi connectivity index (χ4v) is 4.11. The van der Waals surface area contributed by atoms with Gasteiger partial charge in [0.2, 0.25) is 0 Å². The number of carbonyl (C=O) groups is 2. The number of carbonyl (C=O) groups excluding carboxylic acids is 2. The summed E-state index contributed by atoms with van der Waals surface area (Å²) in [4.78, 5) is 40.1. The zero-order chi connectivity index (χ0) is 23.4. The van der Waals surface area contributed by atoms with Crippen molar-refractivity contribution in [2.45, 2.75) is 25.8 Å². The summed E-state index contributed by atoms with van der Waals surface area (Å²) in [7, 11) is 1.56. The number of methoxy groups -OCH3 is 1. The van der Waals surface area contributed by atoms with E-state index in [9.17, 15) is 14.4 Å². The van der Waals surface area contributed by atoms with Crippen molar-refractivity contribution in [2.75, 3.05) is 26.8 Å². The molecule has 2 aromatic carbocycles. The van der Waals surface area contributed by atoms with Crippen LogP contribution in [0.4, 0.5) is 4.79 Å². The van der Waals surface area contributed by atoms with Crippen LogP contribution < -0.4 is 15.6 Å². The number of ether oxygens (including phenoxy) is 2. The molecule has 0 atom stereocenters. The number of benzene rings is 2. The van der Waals surface area contributed by atoms with Gasteiger partial charge in [-0.2, -0.15) is 0 Å². The van der Waals surface area contributed by atoms with Gasteiger partial charge < -0.3 is 19.7 Å². The van der Waals surface area contributed by atoms with Crippen LogP contribution in [0.2, 0.25) is 0 Å². The fraction of sp³-hybridized carbons (Fsp3) is 0.320. The SMILES string of the molecule is CCOC(=O)N1CCC(NC(=O)c2cn(-c3cccc(OC)c3)c(=O)c3ccccc23)CC1. The second kappa shape index (κ2) is 9.77. The van der Waals surface area contributed by atoms with Crippen molar-refractivity contribution in [3.8, 4) is 11.4 Å². The number of pyridine rings is 1. The summed E-state index contributed by atoms with van der Waals surface area (Å²) in [5.74, 6) is 0.365.